The molecule has 0 saturated carbocycles. The van der Waals surface area contributed by atoms with Gasteiger partial charge in [0.05, 0.1) is 25.6 Å². The lowest BCUT2D eigenvalue weighted by molar-refractivity contribution is -0.141. The smallest absolute Gasteiger partial charge is 0.325 e. The van der Waals surface area contributed by atoms with E-state index < -0.39 is 0 Å². The van der Waals surface area contributed by atoms with Crippen LogP contribution in [0.25, 0.3) is 16.6 Å². The fraction of sp³-hybridized carbons (Fsp3) is 0.261. The van der Waals surface area contributed by atoms with Crippen molar-refractivity contribution in [1.82, 2.24) is 9.47 Å². The molecular weight excluding hydrogens is 352 g/mol. The van der Waals surface area contributed by atoms with Crippen LogP contribution in [0.15, 0.2) is 55.1 Å². The molecule has 1 aliphatic heterocycles. The zero-order valence-electron chi connectivity index (χ0n) is 16.3. The highest BCUT2D eigenvalue weighted by Gasteiger charge is 2.28. The molecule has 4 rings (SSSR count). The second-order valence-corrected chi connectivity index (χ2v) is 6.98. The van der Waals surface area contributed by atoms with E-state index in [0.717, 1.165) is 47.6 Å². The summed E-state index contributed by atoms with van der Waals surface area (Å²) in [4.78, 5) is 14.4. The summed E-state index contributed by atoms with van der Waals surface area (Å²) in [6, 6.07) is 16.3. The largest absolute Gasteiger partial charge is 0.497 e. The molecule has 28 heavy (non-hydrogen) atoms. The maximum Gasteiger partial charge on any atom is 0.325 e. The standard InChI is InChI=1S/C23H24N2O3/c1-16-23-19(11-12-24(16)14-17-7-5-4-6-8-17)20-13-18(27-2)9-10-21(20)25(23)15-22(26)28-3/h4-10,13H,1,11-12,14-15H2,2-3H3. The monoisotopic (exact) mass is 376 g/mol. The minimum Gasteiger partial charge on any atom is -0.497 e. The summed E-state index contributed by atoms with van der Waals surface area (Å²) in [5, 5.41) is 1.11. The van der Waals surface area contributed by atoms with Crippen molar-refractivity contribution in [2.24, 2.45) is 0 Å². The molecule has 0 amide bonds. The van der Waals surface area contributed by atoms with Crippen molar-refractivity contribution in [3.63, 3.8) is 0 Å². The SMILES string of the molecule is C=C1c2c(c3cc(OC)ccc3n2CC(=O)OC)CCN1Cc1ccccc1. The first-order chi connectivity index (χ1) is 13.6. The number of rotatable bonds is 5. The number of aromatic nitrogens is 1. The molecule has 2 heterocycles. The van der Waals surface area contributed by atoms with E-state index in [4.69, 9.17) is 9.47 Å². The molecule has 5 heteroatoms. The molecular formula is C23H24N2O3. The van der Waals surface area contributed by atoms with Crippen molar-refractivity contribution < 1.29 is 14.3 Å². The molecule has 0 bridgehead atoms. The van der Waals surface area contributed by atoms with E-state index in [2.05, 4.69) is 23.6 Å². The van der Waals surface area contributed by atoms with Crippen LogP contribution in [-0.4, -0.2) is 36.2 Å². The zero-order chi connectivity index (χ0) is 19.7. The van der Waals surface area contributed by atoms with E-state index in [0.29, 0.717) is 0 Å². The Kier molecular flexibility index (Phi) is 4.82. The van der Waals surface area contributed by atoms with Crippen LogP contribution in [0.2, 0.25) is 0 Å². The first-order valence-corrected chi connectivity index (χ1v) is 9.36. The van der Waals surface area contributed by atoms with E-state index in [-0.39, 0.29) is 12.5 Å². The minimum absolute atomic E-state index is 0.160. The van der Waals surface area contributed by atoms with Gasteiger partial charge in [0.25, 0.3) is 0 Å². The van der Waals surface area contributed by atoms with Gasteiger partial charge in [-0.1, -0.05) is 36.9 Å². The lowest BCUT2D eigenvalue weighted by Gasteiger charge is -2.32. The quantitative estimate of drug-likeness (QED) is 0.635. The van der Waals surface area contributed by atoms with Gasteiger partial charge < -0.3 is 18.9 Å². The van der Waals surface area contributed by atoms with Crippen molar-refractivity contribution in [3.8, 4) is 5.75 Å². The number of benzene rings is 2. The molecule has 0 radical (unpaired) electrons. The zero-order valence-corrected chi connectivity index (χ0v) is 16.3. The fourth-order valence-electron chi connectivity index (χ4n) is 3.98. The summed E-state index contributed by atoms with van der Waals surface area (Å²) in [6.07, 6.45) is 0.888. The topological polar surface area (TPSA) is 43.7 Å². The number of carbonyl (C=O) groups excluding carboxylic acids is 1. The summed E-state index contributed by atoms with van der Waals surface area (Å²) in [5.74, 6) is 0.534. The van der Waals surface area contributed by atoms with Gasteiger partial charge >= 0.3 is 5.97 Å². The van der Waals surface area contributed by atoms with Gasteiger partial charge in [-0.05, 0) is 35.7 Å². The summed E-state index contributed by atoms with van der Waals surface area (Å²) in [7, 11) is 3.08. The van der Waals surface area contributed by atoms with Crippen LogP contribution < -0.4 is 4.74 Å². The molecule has 5 nitrogen and oxygen atoms in total. The maximum atomic E-state index is 12.1. The van der Waals surface area contributed by atoms with Gasteiger partial charge in [0.15, 0.2) is 0 Å². The Hall–Kier alpha value is -3.21. The van der Waals surface area contributed by atoms with Crippen LogP contribution in [-0.2, 0) is 29.0 Å². The number of ether oxygens (including phenoxy) is 2. The third-order valence-corrected chi connectivity index (χ3v) is 5.39. The lowest BCUT2D eigenvalue weighted by atomic mass is 10.0. The van der Waals surface area contributed by atoms with Gasteiger partial charge in [0.2, 0.25) is 0 Å². The predicted octanol–water partition coefficient (Wildman–Crippen LogP) is 3.85. The van der Waals surface area contributed by atoms with Gasteiger partial charge in [0.1, 0.15) is 12.3 Å². The van der Waals surface area contributed by atoms with Crippen LogP contribution in [0.3, 0.4) is 0 Å². The van der Waals surface area contributed by atoms with Gasteiger partial charge in [-0.25, -0.2) is 0 Å². The highest BCUT2D eigenvalue weighted by Crippen LogP contribution is 2.38. The van der Waals surface area contributed by atoms with Gasteiger partial charge in [0, 0.05) is 24.0 Å². The van der Waals surface area contributed by atoms with Crippen LogP contribution in [0.1, 0.15) is 16.8 Å². The normalized spacial score (nSPS) is 13.5. The Labute approximate surface area is 164 Å². The maximum absolute atomic E-state index is 12.1. The number of methoxy groups -OCH3 is 2. The van der Waals surface area contributed by atoms with E-state index in [1.807, 2.05) is 41.0 Å². The number of nitrogens with zero attached hydrogens (tertiary/aromatic N) is 2. The van der Waals surface area contributed by atoms with E-state index in [9.17, 15) is 4.79 Å². The summed E-state index contributed by atoms with van der Waals surface area (Å²) in [5.41, 5.74) is 5.40. The van der Waals surface area contributed by atoms with Crippen LogP contribution in [0.4, 0.5) is 0 Å². The Morgan fingerprint density at radius 1 is 1.14 bits per heavy atom. The summed E-state index contributed by atoms with van der Waals surface area (Å²) in [6.45, 7) is 6.22. The molecule has 2 aromatic carbocycles. The van der Waals surface area contributed by atoms with E-state index in [1.165, 1.54) is 18.2 Å². The first-order valence-electron chi connectivity index (χ1n) is 9.36. The molecule has 1 aliphatic rings. The number of hydrogen-bond acceptors (Lipinski definition) is 4. The third-order valence-electron chi connectivity index (χ3n) is 5.39. The molecule has 0 fully saturated rings. The lowest BCUT2D eigenvalue weighted by Crippen LogP contribution is -2.30. The number of hydrogen-bond donors (Lipinski definition) is 0. The van der Waals surface area contributed by atoms with Crippen LogP contribution in [0, 0.1) is 0 Å². The highest BCUT2D eigenvalue weighted by atomic mass is 16.5. The average molecular weight is 376 g/mol. The van der Waals surface area contributed by atoms with Crippen molar-refractivity contribution >= 4 is 22.6 Å². The van der Waals surface area contributed by atoms with Gasteiger partial charge in [-0.2, -0.15) is 0 Å². The molecule has 0 atom stereocenters. The molecule has 144 valence electrons. The molecule has 1 aromatic heterocycles. The Bertz CT molecular complexity index is 1040. The van der Waals surface area contributed by atoms with Gasteiger partial charge in [-0.3, -0.25) is 4.79 Å². The van der Waals surface area contributed by atoms with Crippen LogP contribution in [0.5, 0.6) is 5.75 Å². The summed E-state index contributed by atoms with van der Waals surface area (Å²) < 4.78 is 12.4. The number of fused-ring (bicyclic) bond motifs is 3. The van der Waals surface area contributed by atoms with E-state index >= 15 is 0 Å². The Morgan fingerprint density at radius 2 is 1.93 bits per heavy atom. The molecule has 3 aromatic rings. The average Bonchev–Trinajstić information content (AvgIpc) is 3.04. The van der Waals surface area contributed by atoms with Crippen LogP contribution >= 0.6 is 0 Å². The van der Waals surface area contributed by atoms with E-state index in [1.54, 1.807) is 7.11 Å². The fourth-order valence-corrected chi connectivity index (χ4v) is 3.98. The summed E-state index contributed by atoms with van der Waals surface area (Å²) >= 11 is 0. The first kappa shape index (κ1) is 18.2. The Balaban J connectivity index is 1.80. The second kappa shape index (κ2) is 7.43. The van der Waals surface area contributed by atoms with Crippen molar-refractivity contribution in [2.75, 3.05) is 20.8 Å². The van der Waals surface area contributed by atoms with Crippen molar-refractivity contribution in [2.45, 2.75) is 19.5 Å². The number of carbonyl (C=O) groups is 1. The Morgan fingerprint density at radius 3 is 2.64 bits per heavy atom. The molecule has 0 N–H and O–H groups in total. The predicted molar refractivity (Wildman–Crippen MR) is 110 cm³/mol. The second-order valence-electron chi connectivity index (χ2n) is 6.98. The van der Waals surface area contributed by atoms with Crippen molar-refractivity contribution in [1.29, 1.82) is 0 Å². The minimum atomic E-state index is -0.275. The molecule has 0 aliphatic carbocycles. The molecule has 0 saturated heterocycles. The number of esters is 1. The molecule has 0 spiro atoms. The molecule has 0 unspecified atom stereocenters. The van der Waals surface area contributed by atoms with Crippen molar-refractivity contribution in [3.05, 3.63) is 71.9 Å². The third kappa shape index (κ3) is 3.13. The van der Waals surface area contributed by atoms with Gasteiger partial charge in [-0.15, -0.1) is 0 Å². The highest BCUT2D eigenvalue weighted by molar-refractivity contribution is 5.92.